The molecular formula is C13H14N+. The van der Waals surface area contributed by atoms with E-state index in [4.69, 9.17) is 0 Å². The molecule has 0 bridgehead atoms. The Morgan fingerprint density at radius 3 is 2.29 bits per heavy atom. The van der Waals surface area contributed by atoms with E-state index in [1.807, 2.05) is 18.2 Å². The van der Waals surface area contributed by atoms with Crippen molar-refractivity contribution in [1.29, 1.82) is 0 Å². The van der Waals surface area contributed by atoms with Crippen LogP contribution in [0.5, 0.6) is 0 Å². The van der Waals surface area contributed by atoms with Gasteiger partial charge in [0, 0.05) is 23.8 Å². The van der Waals surface area contributed by atoms with Gasteiger partial charge in [-0.1, -0.05) is 18.2 Å². The fraction of sp³-hybridized carbons (Fsp3) is 0.154. The van der Waals surface area contributed by atoms with Crippen LogP contribution in [0.25, 0.3) is 5.69 Å². The highest BCUT2D eigenvalue weighted by Gasteiger charge is 2.08. The van der Waals surface area contributed by atoms with Crippen molar-refractivity contribution in [2.75, 3.05) is 0 Å². The monoisotopic (exact) mass is 184 g/mol. The number of benzene rings is 1. The first kappa shape index (κ1) is 8.95. The summed E-state index contributed by atoms with van der Waals surface area (Å²) in [5.74, 6) is 0. The summed E-state index contributed by atoms with van der Waals surface area (Å²) in [7, 11) is 0. The Kier molecular flexibility index (Phi) is 2.32. The Hall–Kier alpha value is -1.63. The van der Waals surface area contributed by atoms with Crippen molar-refractivity contribution in [3.63, 3.8) is 0 Å². The SMILES string of the molecule is Cc1cccc(-[n+]2ccccc2)c1C. The zero-order valence-corrected chi connectivity index (χ0v) is 8.57. The first-order valence-electron chi connectivity index (χ1n) is 4.82. The zero-order valence-electron chi connectivity index (χ0n) is 8.57. The lowest BCUT2D eigenvalue weighted by Gasteiger charge is -2.02. The molecule has 1 nitrogen and oxygen atoms in total. The zero-order chi connectivity index (χ0) is 9.97. The van der Waals surface area contributed by atoms with Gasteiger partial charge in [0.05, 0.1) is 0 Å². The Morgan fingerprint density at radius 1 is 0.857 bits per heavy atom. The minimum atomic E-state index is 1.26. The Balaban J connectivity index is 2.58. The quantitative estimate of drug-likeness (QED) is 0.600. The predicted octanol–water partition coefficient (Wildman–Crippen LogP) is 2.58. The van der Waals surface area contributed by atoms with Gasteiger partial charge in [-0.3, -0.25) is 0 Å². The van der Waals surface area contributed by atoms with Crippen molar-refractivity contribution < 1.29 is 4.57 Å². The summed E-state index contributed by atoms with van der Waals surface area (Å²) >= 11 is 0. The smallest absolute Gasteiger partial charge is 0.167 e. The molecule has 2 rings (SSSR count). The Morgan fingerprint density at radius 2 is 1.57 bits per heavy atom. The third kappa shape index (κ3) is 1.53. The number of hydrogen-bond acceptors (Lipinski definition) is 0. The van der Waals surface area contributed by atoms with Gasteiger partial charge in [0.2, 0.25) is 5.69 Å². The van der Waals surface area contributed by atoms with Crippen molar-refractivity contribution in [3.05, 3.63) is 59.9 Å². The average molecular weight is 184 g/mol. The molecule has 70 valence electrons. The van der Waals surface area contributed by atoms with Crippen LogP contribution in [0.4, 0.5) is 0 Å². The van der Waals surface area contributed by atoms with E-state index in [1.54, 1.807) is 0 Å². The van der Waals surface area contributed by atoms with Crippen LogP contribution in [0.15, 0.2) is 48.8 Å². The van der Waals surface area contributed by atoms with Gasteiger partial charge in [-0.25, -0.2) is 0 Å². The van der Waals surface area contributed by atoms with Crippen molar-refractivity contribution in [2.45, 2.75) is 13.8 Å². The molecule has 0 atom stereocenters. The van der Waals surface area contributed by atoms with E-state index in [1.165, 1.54) is 16.8 Å². The van der Waals surface area contributed by atoms with Crippen LogP contribution in [0.2, 0.25) is 0 Å². The molecule has 2 aromatic rings. The van der Waals surface area contributed by atoms with Crippen LogP contribution in [-0.2, 0) is 0 Å². The van der Waals surface area contributed by atoms with Gasteiger partial charge in [0.1, 0.15) is 0 Å². The second-order valence-electron chi connectivity index (χ2n) is 3.50. The summed E-state index contributed by atoms with van der Waals surface area (Å²) in [5, 5.41) is 0. The summed E-state index contributed by atoms with van der Waals surface area (Å²) in [6.07, 6.45) is 4.14. The predicted molar refractivity (Wildman–Crippen MR) is 57.4 cm³/mol. The Bertz CT molecular complexity index is 432. The van der Waals surface area contributed by atoms with Gasteiger partial charge in [0.15, 0.2) is 12.4 Å². The maximum absolute atomic E-state index is 2.16. The summed E-state index contributed by atoms with van der Waals surface area (Å²) in [4.78, 5) is 0. The largest absolute Gasteiger partial charge is 0.213 e. The number of nitrogens with zero attached hydrogens (tertiary/aromatic N) is 1. The second kappa shape index (κ2) is 3.62. The topological polar surface area (TPSA) is 3.88 Å². The lowest BCUT2D eigenvalue weighted by Crippen LogP contribution is -2.30. The lowest BCUT2D eigenvalue weighted by atomic mass is 10.1. The van der Waals surface area contributed by atoms with E-state index in [0.29, 0.717) is 0 Å². The minimum absolute atomic E-state index is 1.26. The van der Waals surface area contributed by atoms with Gasteiger partial charge in [-0.05, 0) is 19.4 Å². The number of aromatic nitrogens is 1. The van der Waals surface area contributed by atoms with E-state index in [-0.39, 0.29) is 0 Å². The molecule has 0 aliphatic heterocycles. The molecule has 0 amide bonds. The molecule has 1 aromatic heterocycles. The van der Waals surface area contributed by atoms with Crippen molar-refractivity contribution in [2.24, 2.45) is 0 Å². The molecule has 0 saturated carbocycles. The van der Waals surface area contributed by atoms with E-state index in [2.05, 4.69) is 49.0 Å². The normalized spacial score (nSPS) is 10.1. The van der Waals surface area contributed by atoms with Gasteiger partial charge < -0.3 is 0 Å². The third-order valence-corrected chi connectivity index (χ3v) is 2.57. The highest BCUT2D eigenvalue weighted by atomic mass is 14.9. The molecule has 0 aliphatic rings. The molecule has 0 spiro atoms. The van der Waals surface area contributed by atoms with Crippen LogP contribution in [0, 0.1) is 13.8 Å². The number of rotatable bonds is 1. The lowest BCUT2D eigenvalue weighted by molar-refractivity contribution is -0.596. The van der Waals surface area contributed by atoms with Crippen LogP contribution < -0.4 is 4.57 Å². The fourth-order valence-corrected chi connectivity index (χ4v) is 1.57. The molecule has 0 aliphatic carbocycles. The van der Waals surface area contributed by atoms with Crippen molar-refractivity contribution in [3.8, 4) is 5.69 Å². The average Bonchev–Trinajstić information content (AvgIpc) is 2.23. The maximum atomic E-state index is 2.16. The molecule has 0 radical (unpaired) electrons. The molecule has 0 fully saturated rings. The second-order valence-corrected chi connectivity index (χ2v) is 3.50. The van der Waals surface area contributed by atoms with Crippen molar-refractivity contribution >= 4 is 0 Å². The molecule has 0 unspecified atom stereocenters. The maximum Gasteiger partial charge on any atom is 0.213 e. The standard InChI is InChI=1S/C13H14N/c1-11-7-6-8-13(12(11)2)14-9-4-3-5-10-14/h3-10H,1-2H3/q+1. The van der Waals surface area contributed by atoms with Gasteiger partial charge >= 0.3 is 0 Å². The molecule has 1 heterocycles. The van der Waals surface area contributed by atoms with Crippen molar-refractivity contribution in [1.82, 2.24) is 0 Å². The molecule has 14 heavy (non-hydrogen) atoms. The summed E-state index contributed by atoms with van der Waals surface area (Å²) in [6, 6.07) is 12.5. The fourth-order valence-electron chi connectivity index (χ4n) is 1.57. The van der Waals surface area contributed by atoms with Gasteiger partial charge in [-0.15, -0.1) is 0 Å². The first-order valence-corrected chi connectivity index (χ1v) is 4.82. The van der Waals surface area contributed by atoms with Crippen LogP contribution in [0.1, 0.15) is 11.1 Å². The van der Waals surface area contributed by atoms with E-state index < -0.39 is 0 Å². The molecule has 1 aromatic carbocycles. The van der Waals surface area contributed by atoms with Gasteiger partial charge in [-0.2, -0.15) is 4.57 Å². The van der Waals surface area contributed by atoms with E-state index in [9.17, 15) is 0 Å². The van der Waals surface area contributed by atoms with Crippen LogP contribution >= 0.6 is 0 Å². The van der Waals surface area contributed by atoms with Crippen LogP contribution in [-0.4, -0.2) is 0 Å². The highest BCUT2D eigenvalue weighted by molar-refractivity contribution is 5.38. The number of hydrogen-bond donors (Lipinski definition) is 0. The Labute approximate surface area is 84.6 Å². The molecule has 1 heteroatoms. The minimum Gasteiger partial charge on any atom is -0.167 e. The highest BCUT2D eigenvalue weighted by Crippen LogP contribution is 2.11. The summed E-state index contributed by atoms with van der Waals surface area (Å²) < 4.78 is 2.14. The molecular weight excluding hydrogens is 170 g/mol. The molecule has 0 saturated heterocycles. The number of pyridine rings is 1. The number of aryl methyl sites for hydroxylation is 1. The van der Waals surface area contributed by atoms with E-state index in [0.717, 1.165) is 0 Å². The first-order chi connectivity index (χ1) is 6.79. The van der Waals surface area contributed by atoms with Crippen LogP contribution in [0.3, 0.4) is 0 Å². The third-order valence-electron chi connectivity index (χ3n) is 2.57. The summed E-state index contributed by atoms with van der Waals surface area (Å²) in [6.45, 7) is 4.30. The summed E-state index contributed by atoms with van der Waals surface area (Å²) in [5.41, 5.74) is 3.92. The van der Waals surface area contributed by atoms with E-state index >= 15 is 0 Å². The molecule has 0 N–H and O–H groups in total. The van der Waals surface area contributed by atoms with Gasteiger partial charge in [0.25, 0.3) is 0 Å².